The van der Waals surface area contributed by atoms with E-state index in [4.69, 9.17) is 0 Å². The summed E-state index contributed by atoms with van der Waals surface area (Å²) in [6.07, 6.45) is 2.65. The molecule has 1 aliphatic carbocycles. The molecule has 2 atom stereocenters. The number of rotatable bonds is 6. The third kappa shape index (κ3) is 3.06. The van der Waals surface area contributed by atoms with Crippen LogP contribution in [0.2, 0.25) is 0 Å². The average Bonchev–Trinajstić information content (AvgIpc) is 3.12. The first kappa shape index (κ1) is 15.5. The summed E-state index contributed by atoms with van der Waals surface area (Å²) < 4.78 is 2.91. The molecule has 2 unspecified atom stereocenters. The summed E-state index contributed by atoms with van der Waals surface area (Å²) in [4.78, 5) is 11.6. The Hall–Kier alpha value is -0.880. The second-order valence-corrected chi connectivity index (χ2v) is 6.83. The van der Waals surface area contributed by atoms with Crippen LogP contribution >= 0.6 is 15.9 Å². The fourth-order valence-electron chi connectivity index (χ4n) is 2.64. The van der Waals surface area contributed by atoms with Gasteiger partial charge in [-0.25, -0.2) is 0 Å². The van der Waals surface area contributed by atoms with Gasteiger partial charge in [0, 0.05) is 6.04 Å². The molecule has 0 bridgehead atoms. The lowest BCUT2D eigenvalue weighted by molar-refractivity contribution is -0.145. The van der Waals surface area contributed by atoms with Crippen LogP contribution in [0.4, 0.5) is 0 Å². The molecule has 0 aliphatic heterocycles. The number of aliphatic carboxylic acids is 1. The predicted molar refractivity (Wildman–Crippen MR) is 80.9 cm³/mol. The molecule has 0 spiro atoms. The quantitative estimate of drug-likeness (QED) is 0.833. The second-order valence-electron chi connectivity index (χ2n) is 6.04. The maximum atomic E-state index is 11.6. The molecule has 1 aromatic rings. The highest BCUT2D eigenvalue weighted by Crippen LogP contribution is 2.30. The Bertz CT molecular complexity index is 525. The van der Waals surface area contributed by atoms with Gasteiger partial charge in [0.05, 0.1) is 21.9 Å². The summed E-state index contributed by atoms with van der Waals surface area (Å²) in [6, 6.07) is 0.378. The standard InChI is InChI=1S/C14H22BrN3O2/c1-8(18-10(3)12(15)9(2)17-18)7-14(4,13(19)20)16-11-5-6-11/h8,11,16H,5-7H2,1-4H3,(H,19,20). The van der Waals surface area contributed by atoms with Crippen LogP contribution in [0.3, 0.4) is 0 Å². The van der Waals surface area contributed by atoms with E-state index < -0.39 is 11.5 Å². The van der Waals surface area contributed by atoms with Crippen LogP contribution in [0.25, 0.3) is 0 Å². The Morgan fingerprint density at radius 3 is 2.60 bits per heavy atom. The molecule has 1 heterocycles. The van der Waals surface area contributed by atoms with Crippen LogP contribution in [-0.2, 0) is 4.79 Å². The zero-order valence-corrected chi connectivity index (χ0v) is 14.0. The molecule has 1 saturated carbocycles. The summed E-state index contributed by atoms with van der Waals surface area (Å²) >= 11 is 3.51. The number of nitrogens with one attached hydrogen (secondary N) is 1. The van der Waals surface area contributed by atoms with E-state index in [0.29, 0.717) is 12.5 Å². The van der Waals surface area contributed by atoms with E-state index in [1.165, 1.54) is 0 Å². The first-order valence-electron chi connectivity index (χ1n) is 6.97. The Labute approximate surface area is 127 Å². The molecule has 0 aromatic carbocycles. The maximum absolute atomic E-state index is 11.6. The van der Waals surface area contributed by atoms with Crippen molar-refractivity contribution in [2.75, 3.05) is 0 Å². The van der Waals surface area contributed by atoms with Gasteiger partial charge >= 0.3 is 5.97 Å². The lowest BCUT2D eigenvalue weighted by Crippen LogP contribution is -2.51. The van der Waals surface area contributed by atoms with Gasteiger partial charge in [-0.1, -0.05) is 0 Å². The van der Waals surface area contributed by atoms with Crippen molar-refractivity contribution in [3.05, 3.63) is 15.9 Å². The van der Waals surface area contributed by atoms with Crippen molar-refractivity contribution in [1.82, 2.24) is 15.1 Å². The van der Waals surface area contributed by atoms with Gasteiger partial charge in [0.15, 0.2) is 0 Å². The van der Waals surface area contributed by atoms with E-state index in [1.54, 1.807) is 6.92 Å². The number of carboxylic acid groups (broad SMARTS) is 1. The Kier molecular flexibility index (Phi) is 4.25. The van der Waals surface area contributed by atoms with Crippen molar-refractivity contribution in [2.24, 2.45) is 0 Å². The molecule has 1 aromatic heterocycles. The highest BCUT2D eigenvalue weighted by molar-refractivity contribution is 9.10. The molecule has 20 heavy (non-hydrogen) atoms. The summed E-state index contributed by atoms with van der Waals surface area (Å²) in [7, 11) is 0. The normalized spacial score (nSPS) is 19.6. The number of carboxylic acids is 1. The molecule has 0 radical (unpaired) electrons. The topological polar surface area (TPSA) is 67.2 Å². The number of aromatic nitrogens is 2. The summed E-state index contributed by atoms with van der Waals surface area (Å²) in [6.45, 7) is 7.72. The lowest BCUT2D eigenvalue weighted by atomic mass is 9.93. The van der Waals surface area contributed by atoms with Gasteiger partial charge in [-0.3, -0.25) is 14.8 Å². The molecule has 1 aliphatic rings. The Balaban J connectivity index is 2.17. The Morgan fingerprint density at radius 1 is 1.60 bits per heavy atom. The van der Waals surface area contributed by atoms with Crippen LogP contribution in [0.5, 0.6) is 0 Å². The van der Waals surface area contributed by atoms with E-state index in [2.05, 4.69) is 26.3 Å². The highest BCUT2D eigenvalue weighted by Gasteiger charge is 2.40. The number of aryl methyl sites for hydroxylation is 1. The summed E-state index contributed by atoms with van der Waals surface area (Å²) in [5, 5.41) is 17.3. The van der Waals surface area contributed by atoms with E-state index in [-0.39, 0.29) is 6.04 Å². The Morgan fingerprint density at radius 2 is 2.20 bits per heavy atom. The van der Waals surface area contributed by atoms with Crippen molar-refractivity contribution >= 4 is 21.9 Å². The number of halogens is 1. The zero-order valence-electron chi connectivity index (χ0n) is 12.4. The smallest absolute Gasteiger partial charge is 0.323 e. The van der Waals surface area contributed by atoms with Crippen LogP contribution in [0.1, 0.15) is 50.5 Å². The first-order chi connectivity index (χ1) is 9.24. The van der Waals surface area contributed by atoms with E-state index in [9.17, 15) is 9.90 Å². The molecule has 2 rings (SSSR count). The lowest BCUT2D eigenvalue weighted by Gasteiger charge is -2.30. The van der Waals surface area contributed by atoms with Crippen molar-refractivity contribution < 1.29 is 9.90 Å². The molecule has 112 valence electrons. The molecule has 1 fully saturated rings. The minimum Gasteiger partial charge on any atom is -0.480 e. The van der Waals surface area contributed by atoms with Crippen LogP contribution in [-0.4, -0.2) is 32.4 Å². The molecular formula is C14H22BrN3O2. The predicted octanol–water partition coefficient (Wildman–Crippen LogP) is 2.81. The number of hydrogen-bond acceptors (Lipinski definition) is 3. The number of carbonyl (C=O) groups is 1. The second kappa shape index (κ2) is 5.48. The number of nitrogens with zero attached hydrogens (tertiary/aromatic N) is 2. The zero-order chi connectivity index (χ0) is 15.1. The van der Waals surface area contributed by atoms with Crippen LogP contribution < -0.4 is 5.32 Å². The van der Waals surface area contributed by atoms with Crippen molar-refractivity contribution in [2.45, 2.75) is 64.6 Å². The molecule has 6 heteroatoms. The van der Waals surface area contributed by atoms with Gasteiger partial charge in [-0.2, -0.15) is 5.10 Å². The van der Waals surface area contributed by atoms with Gasteiger partial charge < -0.3 is 5.11 Å². The van der Waals surface area contributed by atoms with Crippen molar-refractivity contribution in [1.29, 1.82) is 0 Å². The first-order valence-corrected chi connectivity index (χ1v) is 7.76. The average molecular weight is 344 g/mol. The van der Waals surface area contributed by atoms with E-state index >= 15 is 0 Å². The van der Waals surface area contributed by atoms with E-state index in [0.717, 1.165) is 28.7 Å². The van der Waals surface area contributed by atoms with Gasteiger partial charge in [-0.15, -0.1) is 0 Å². The fraction of sp³-hybridized carbons (Fsp3) is 0.714. The number of hydrogen-bond donors (Lipinski definition) is 2. The van der Waals surface area contributed by atoms with Crippen molar-refractivity contribution in [3.63, 3.8) is 0 Å². The molecular weight excluding hydrogens is 322 g/mol. The van der Waals surface area contributed by atoms with Gasteiger partial charge in [0.2, 0.25) is 0 Å². The van der Waals surface area contributed by atoms with Crippen LogP contribution in [0, 0.1) is 13.8 Å². The third-order valence-electron chi connectivity index (χ3n) is 3.93. The fourth-order valence-corrected chi connectivity index (χ4v) is 2.90. The molecule has 0 amide bonds. The van der Waals surface area contributed by atoms with Gasteiger partial charge in [-0.05, 0) is 62.9 Å². The highest BCUT2D eigenvalue weighted by atomic mass is 79.9. The minimum absolute atomic E-state index is 0.0207. The third-order valence-corrected chi connectivity index (χ3v) is 5.08. The molecule has 5 nitrogen and oxygen atoms in total. The summed E-state index contributed by atoms with van der Waals surface area (Å²) in [5.74, 6) is -0.795. The molecule has 2 N–H and O–H groups in total. The van der Waals surface area contributed by atoms with E-state index in [1.807, 2.05) is 25.5 Å². The SMILES string of the molecule is Cc1nn(C(C)CC(C)(NC2CC2)C(=O)O)c(C)c1Br. The monoisotopic (exact) mass is 343 g/mol. The molecule has 0 saturated heterocycles. The largest absolute Gasteiger partial charge is 0.480 e. The van der Waals surface area contributed by atoms with Gasteiger partial charge in [0.1, 0.15) is 5.54 Å². The van der Waals surface area contributed by atoms with Crippen LogP contribution in [0.15, 0.2) is 4.47 Å². The van der Waals surface area contributed by atoms with Crippen molar-refractivity contribution in [3.8, 4) is 0 Å². The maximum Gasteiger partial charge on any atom is 0.323 e. The minimum atomic E-state index is -0.903. The summed E-state index contributed by atoms with van der Waals surface area (Å²) in [5.41, 5.74) is 1.06. The van der Waals surface area contributed by atoms with Gasteiger partial charge in [0.25, 0.3) is 0 Å².